The van der Waals surface area contributed by atoms with Gasteiger partial charge in [-0.2, -0.15) is 0 Å². The molecular formula is C28H27ClO4. The molecule has 4 rings (SSSR count). The second-order valence-corrected chi connectivity index (χ2v) is 8.89. The normalized spacial score (nSPS) is 22.5. The van der Waals surface area contributed by atoms with Gasteiger partial charge in [0.2, 0.25) is 0 Å². The fourth-order valence-corrected chi connectivity index (χ4v) is 4.80. The van der Waals surface area contributed by atoms with E-state index in [0.717, 1.165) is 28.7 Å². The summed E-state index contributed by atoms with van der Waals surface area (Å²) >= 11 is 6.34. The third-order valence-electron chi connectivity index (χ3n) is 6.15. The number of hydrogen-bond acceptors (Lipinski definition) is 3. The number of carboxylic acid groups (broad SMARTS) is 1. The third kappa shape index (κ3) is 5.29. The minimum atomic E-state index is -1.02. The largest absolute Gasteiger partial charge is 0.482 e. The van der Waals surface area contributed by atoms with E-state index < -0.39 is 12.6 Å². The van der Waals surface area contributed by atoms with E-state index in [9.17, 15) is 4.79 Å². The maximum absolute atomic E-state index is 11.1. The Bertz CT molecular complexity index is 1130. The first kappa shape index (κ1) is 23.1. The predicted molar refractivity (Wildman–Crippen MR) is 130 cm³/mol. The molecule has 1 N–H and O–H groups in total. The fourth-order valence-electron chi connectivity index (χ4n) is 4.61. The van der Waals surface area contributed by atoms with E-state index in [1.54, 1.807) is 6.07 Å². The first-order valence-electron chi connectivity index (χ1n) is 11.0. The van der Waals surface area contributed by atoms with Gasteiger partial charge in [0.15, 0.2) is 6.61 Å². The summed E-state index contributed by atoms with van der Waals surface area (Å²) in [5.41, 5.74) is 4.04. The zero-order chi connectivity index (χ0) is 23.4. The van der Waals surface area contributed by atoms with Gasteiger partial charge < -0.3 is 14.6 Å². The molecule has 0 saturated carbocycles. The van der Waals surface area contributed by atoms with Crippen molar-refractivity contribution < 1.29 is 19.4 Å². The van der Waals surface area contributed by atoms with E-state index in [1.165, 1.54) is 0 Å². The number of benzene rings is 3. The summed E-state index contributed by atoms with van der Waals surface area (Å²) in [5, 5.41) is 9.80. The van der Waals surface area contributed by atoms with Crippen LogP contribution in [-0.4, -0.2) is 17.7 Å². The average molecular weight is 463 g/mol. The quantitative estimate of drug-likeness (QED) is 0.385. The Hall–Kier alpha value is -3.08. The van der Waals surface area contributed by atoms with Crippen LogP contribution in [0.25, 0.3) is 0 Å². The molecule has 1 heterocycles. The predicted octanol–water partition coefficient (Wildman–Crippen LogP) is 6.98. The van der Waals surface area contributed by atoms with Crippen molar-refractivity contribution in [3.8, 4) is 5.75 Å². The van der Waals surface area contributed by atoms with Gasteiger partial charge in [-0.1, -0.05) is 84.4 Å². The molecule has 1 aliphatic heterocycles. The number of rotatable bonds is 7. The monoisotopic (exact) mass is 462 g/mol. The lowest BCUT2D eigenvalue weighted by Crippen LogP contribution is -2.31. The molecule has 0 bridgehead atoms. The number of halogens is 1. The molecule has 3 aromatic carbocycles. The minimum absolute atomic E-state index is 0.0171. The van der Waals surface area contributed by atoms with Gasteiger partial charge in [0, 0.05) is 22.4 Å². The third-order valence-corrected chi connectivity index (χ3v) is 6.38. The van der Waals surface area contributed by atoms with Crippen LogP contribution in [0.4, 0.5) is 0 Å². The van der Waals surface area contributed by atoms with E-state index in [2.05, 4.69) is 24.8 Å². The van der Waals surface area contributed by atoms with E-state index in [1.807, 2.05) is 61.5 Å². The van der Waals surface area contributed by atoms with Crippen molar-refractivity contribution in [1.29, 1.82) is 0 Å². The van der Waals surface area contributed by atoms with Crippen LogP contribution < -0.4 is 4.74 Å². The zero-order valence-corrected chi connectivity index (χ0v) is 19.2. The van der Waals surface area contributed by atoms with Gasteiger partial charge in [0.1, 0.15) is 5.75 Å². The number of carboxylic acids is 1. The first-order valence-corrected chi connectivity index (χ1v) is 11.4. The van der Waals surface area contributed by atoms with Crippen molar-refractivity contribution in [2.75, 3.05) is 6.61 Å². The number of ether oxygens (including phenoxy) is 2. The molecule has 1 aliphatic rings. The van der Waals surface area contributed by atoms with Crippen molar-refractivity contribution in [1.82, 2.24) is 0 Å². The molecule has 0 unspecified atom stereocenters. The van der Waals surface area contributed by atoms with Crippen LogP contribution in [0.15, 0.2) is 91.0 Å². The van der Waals surface area contributed by atoms with E-state index >= 15 is 0 Å². The number of para-hydroxylation sites is 1. The molecule has 4 nitrogen and oxygen atoms in total. The highest BCUT2D eigenvalue weighted by molar-refractivity contribution is 6.30. The van der Waals surface area contributed by atoms with E-state index in [-0.39, 0.29) is 24.0 Å². The summed E-state index contributed by atoms with van der Waals surface area (Å²) in [7, 11) is 0. The molecule has 1 saturated heterocycles. The Morgan fingerprint density at radius 3 is 2.42 bits per heavy atom. The summed E-state index contributed by atoms with van der Waals surface area (Å²) in [4.78, 5) is 11.1. The van der Waals surface area contributed by atoms with E-state index in [4.69, 9.17) is 26.2 Å². The summed E-state index contributed by atoms with van der Waals surface area (Å²) < 4.78 is 12.5. The zero-order valence-electron chi connectivity index (χ0n) is 18.5. The molecule has 0 radical (unpaired) electrons. The van der Waals surface area contributed by atoms with Gasteiger partial charge >= 0.3 is 5.97 Å². The fraction of sp³-hybridized carbons (Fsp3) is 0.250. The topological polar surface area (TPSA) is 55.8 Å². The average Bonchev–Trinajstić information content (AvgIpc) is 2.82. The SMILES string of the molecule is C=C(C)[C@H]1C[C@H](c2cccc(Cl)c2)[C@H](c2ccccc2)O[C@@H]1c1ccccc1OCC(=O)O. The van der Waals surface area contributed by atoms with Crippen LogP contribution >= 0.6 is 11.6 Å². The lowest BCUT2D eigenvalue weighted by atomic mass is 9.74. The summed E-state index contributed by atoms with van der Waals surface area (Å²) in [5.74, 6) is -0.405. The van der Waals surface area contributed by atoms with Gasteiger partial charge in [-0.3, -0.25) is 0 Å². The molecule has 0 spiro atoms. The molecule has 1 fully saturated rings. The van der Waals surface area contributed by atoms with E-state index in [0.29, 0.717) is 10.8 Å². The van der Waals surface area contributed by atoms with Crippen LogP contribution in [-0.2, 0) is 9.53 Å². The molecule has 170 valence electrons. The Kier molecular flexibility index (Phi) is 7.17. The maximum Gasteiger partial charge on any atom is 0.341 e. The summed E-state index contributed by atoms with van der Waals surface area (Å²) in [6, 6.07) is 25.6. The lowest BCUT2D eigenvalue weighted by molar-refractivity contribution is -0.139. The van der Waals surface area contributed by atoms with Gasteiger partial charge in [-0.25, -0.2) is 4.79 Å². The highest BCUT2D eigenvalue weighted by Crippen LogP contribution is 2.53. The van der Waals surface area contributed by atoms with Crippen molar-refractivity contribution in [3.05, 3.63) is 113 Å². The molecule has 3 aromatic rings. The Morgan fingerprint density at radius 2 is 1.73 bits per heavy atom. The van der Waals surface area contributed by atoms with Crippen molar-refractivity contribution in [2.24, 2.45) is 5.92 Å². The van der Waals surface area contributed by atoms with Gasteiger partial charge in [-0.05, 0) is 42.7 Å². The first-order chi connectivity index (χ1) is 15.9. The second-order valence-electron chi connectivity index (χ2n) is 8.46. The van der Waals surface area contributed by atoms with Crippen molar-refractivity contribution in [2.45, 2.75) is 31.5 Å². The van der Waals surface area contributed by atoms with Gasteiger partial charge in [0.25, 0.3) is 0 Å². The Balaban J connectivity index is 1.77. The number of hydrogen-bond donors (Lipinski definition) is 1. The van der Waals surface area contributed by atoms with Crippen LogP contribution in [0.5, 0.6) is 5.75 Å². The highest BCUT2D eigenvalue weighted by Gasteiger charge is 2.41. The van der Waals surface area contributed by atoms with Crippen LogP contribution in [0.3, 0.4) is 0 Å². The van der Waals surface area contributed by atoms with Gasteiger partial charge in [-0.15, -0.1) is 0 Å². The molecule has 33 heavy (non-hydrogen) atoms. The Morgan fingerprint density at radius 1 is 1.03 bits per heavy atom. The maximum atomic E-state index is 11.1. The molecule has 5 heteroatoms. The Labute approximate surface area is 199 Å². The van der Waals surface area contributed by atoms with Crippen LogP contribution in [0, 0.1) is 5.92 Å². The number of aliphatic carboxylic acids is 1. The summed E-state index contributed by atoms with van der Waals surface area (Å²) in [6.45, 7) is 5.87. The van der Waals surface area contributed by atoms with Gasteiger partial charge in [0.05, 0.1) is 12.2 Å². The molecule has 4 atom stereocenters. The lowest BCUT2D eigenvalue weighted by Gasteiger charge is -2.43. The highest BCUT2D eigenvalue weighted by atomic mass is 35.5. The van der Waals surface area contributed by atoms with Crippen LogP contribution in [0.2, 0.25) is 5.02 Å². The van der Waals surface area contributed by atoms with Crippen molar-refractivity contribution >= 4 is 17.6 Å². The smallest absolute Gasteiger partial charge is 0.341 e. The molecule has 0 aliphatic carbocycles. The second kappa shape index (κ2) is 10.2. The minimum Gasteiger partial charge on any atom is -0.482 e. The molecule has 0 aromatic heterocycles. The van der Waals surface area contributed by atoms with Crippen molar-refractivity contribution in [3.63, 3.8) is 0 Å². The standard InChI is InChI=1S/C28H27ClO4/c1-18(2)23-16-24(20-11-8-12-21(29)15-20)27(19-9-4-3-5-10-19)33-28(23)22-13-6-7-14-25(22)32-17-26(30)31/h3-15,23-24,27-28H,1,16-17H2,2H3,(H,30,31)/t23-,24-,27+,28-/m1/s1. The summed E-state index contributed by atoms with van der Waals surface area (Å²) in [6.07, 6.45) is 0.276. The molecule has 0 amide bonds. The van der Waals surface area contributed by atoms with Crippen LogP contribution in [0.1, 0.15) is 48.2 Å². The molecular weight excluding hydrogens is 436 g/mol. The number of carbonyl (C=O) groups is 1.